The highest BCUT2D eigenvalue weighted by atomic mass is 35.5. The molecule has 5 rings (SSSR count). The second kappa shape index (κ2) is 8.55. The second-order valence-electron chi connectivity index (χ2n) is 7.61. The van der Waals surface area contributed by atoms with E-state index in [1.807, 2.05) is 54.6 Å². The normalized spacial score (nSPS) is 11.1. The molecule has 0 unspecified atom stereocenters. The van der Waals surface area contributed by atoms with Gasteiger partial charge in [0.2, 0.25) is 0 Å². The van der Waals surface area contributed by atoms with Crippen molar-refractivity contribution in [1.82, 2.24) is 14.6 Å². The van der Waals surface area contributed by atoms with Crippen LogP contribution in [0, 0.1) is 0 Å². The topological polar surface area (TPSA) is 93.9 Å². The quantitative estimate of drug-likeness (QED) is 0.315. The fourth-order valence-electron chi connectivity index (χ4n) is 3.85. The van der Waals surface area contributed by atoms with E-state index in [9.17, 15) is 15.2 Å². The van der Waals surface area contributed by atoms with Crippen LogP contribution in [-0.2, 0) is 6.42 Å². The van der Waals surface area contributed by atoms with Crippen molar-refractivity contribution in [3.05, 3.63) is 112 Å². The Bertz CT molecular complexity index is 1480. The summed E-state index contributed by atoms with van der Waals surface area (Å²) in [7, 11) is 0. The lowest BCUT2D eigenvalue weighted by Crippen LogP contribution is -2.14. The molecule has 33 heavy (non-hydrogen) atoms. The van der Waals surface area contributed by atoms with Crippen LogP contribution in [0.4, 0.5) is 5.69 Å². The maximum Gasteiger partial charge on any atom is 0.274 e. The highest BCUT2D eigenvalue weighted by Crippen LogP contribution is 2.31. The van der Waals surface area contributed by atoms with E-state index in [0.29, 0.717) is 28.3 Å². The zero-order valence-electron chi connectivity index (χ0n) is 17.3. The van der Waals surface area contributed by atoms with Crippen molar-refractivity contribution in [1.29, 1.82) is 0 Å². The molecule has 164 valence electrons. The molecule has 0 spiro atoms. The van der Waals surface area contributed by atoms with E-state index >= 15 is 0 Å². The van der Waals surface area contributed by atoms with Crippen LogP contribution in [0.15, 0.2) is 89.7 Å². The number of nitrogens with one attached hydrogen (secondary N) is 1. The Kier molecular flexibility index (Phi) is 5.43. The Hall–Kier alpha value is -3.91. The van der Waals surface area contributed by atoms with Gasteiger partial charge < -0.3 is 4.98 Å². The molecule has 0 aliphatic heterocycles. The van der Waals surface area contributed by atoms with Gasteiger partial charge >= 0.3 is 0 Å². The first-order valence-corrected chi connectivity index (χ1v) is 10.6. The average molecular weight is 459 g/mol. The largest absolute Gasteiger partial charge is 0.339 e. The molecule has 0 saturated heterocycles. The van der Waals surface area contributed by atoms with E-state index in [2.05, 4.69) is 10.1 Å². The average Bonchev–Trinajstić information content (AvgIpc) is 3.19. The van der Waals surface area contributed by atoms with E-state index in [4.69, 9.17) is 11.6 Å². The molecule has 0 aliphatic rings. The molecule has 0 aliphatic carbocycles. The molecule has 0 bridgehead atoms. The fourth-order valence-corrected chi connectivity index (χ4v) is 3.98. The van der Waals surface area contributed by atoms with Gasteiger partial charge in [0.15, 0.2) is 0 Å². The summed E-state index contributed by atoms with van der Waals surface area (Å²) in [6.07, 6.45) is 0.556. The van der Waals surface area contributed by atoms with Crippen LogP contribution in [-0.4, -0.2) is 25.0 Å². The molecule has 0 fully saturated rings. The Labute approximate surface area is 193 Å². The van der Waals surface area contributed by atoms with Gasteiger partial charge in [-0.05, 0) is 41.0 Å². The Balaban J connectivity index is 1.70. The molecular formula is C25H19ClN4O3. The molecule has 7 nitrogen and oxygen atoms in total. The van der Waals surface area contributed by atoms with Gasteiger partial charge in [-0.1, -0.05) is 66.2 Å². The number of fused-ring (bicyclic) bond motifs is 1. The highest BCUT2D eigenvalue weighted by Gasteiger charge is 2.18. The molecule has 3 N–H and O–H groups in total. The zero-order chi connectivity index (χ0) is 22.9. The van der Waals surface area contributed by atoms with Crippen LogP contribution in [0.25, 0.3) is 28.0 Å². The summed E-state index contributed by atoms with van der Waals surface area (Å²) in [5.74, 6) is 0. The van der Waals surface area contributed by atoms with Crippen LogP contribution in [0.1, 0.15) is 11.3 Å². The van der Waals surface area contributed by atoms with Crippen LogP contribution in [0.2, 0.25) is 5.02 Å². The van der Waals surface area contributed by atoms with E-state index in [1.54, 1.807) is 12.1 Å². The summed E-state index contributed by atoms with van der Waals surface area (Å²) in [4.78, 5) is 16.4. The van der Waals surface area contributed by atoms with E-state index < -0.39 is 0 Å². The van der Waals surface area contributed by atoms with Crippen molar-refractivity contribution >= 4 is 22.9 Å². The first-order valence-electron chi connectivity index (χ1n) is 10.2. The van der Waals surface area contributed by atoms with Crippen molar-refractivity contribution in [3.63, 3.8) is 0 Å². The minimum absolute atomic E-state index is 0.0428. The third-order valence-corrected chi connectivity index (χ3v) is 5.70. The number of aromatic nitrogens is 3. The van der Waals surface area contributed by atoms with Crippen LogP contribution >= 0.6 is 11.6 Å². The summed E-state index contributed by atoms with van der Waals surface area (Å²) in [5.41, 5.74) is 5.36. The fraction of sp³-hybridized carbons (Fsp3) is 0.0400. The van der Waals surface area contributed by atoms with Gasteiger partial charge in [-0.15, -0.1) is 5.23 Å². The predicted octanol–water partition coefficient (Wildman–Crippen LogP) is 5.19. The van der Waals surface area contributed by atoms with Crippen LogP contribution in [0.5, 0.6) is 0 Å². The Morgan fingerprint density at radius 2 is 1.58 bits per heavy atom. The maximum absolute atomic E-state index is 13.0. The predicted molar refractivity (Wildman–Crippen MR) is 127 cm³/mol. The summed E-state index contributed by atoms with van der Waals surface area (Å²) in [5, 5.41) is 23.7. The molecule has 2 aromatic heterocycles. The van der Waals surface area contributed by atoms with Crippen LogP contribution in [0.3, 0.4) is 0 Å². The molecule has 0 saturated carbocycles. The molecule has 0 amide bonds. The number of rotatable bonds is 5. The lowest BCUT2D eigenvalue weighted by molar-refractivity contribution is 0.0292. The van der Waals surface area contributed by atoms with Gasteiger partial charge in [0, 0.05) is 23.1 Å². The molecule has 8 heteroatoms. The number of nitrogens with zero attached hydrogens (tertiary/aromatic N) is 3. The standard InChI is InChI=1S/C25H19ClN4O3/c26-19-10-6-18(7-11-19)24-22(14-16-4-2-1-3-5-16)28-29-23(31)15-21(27-25(24)29)17-8-12-20(13-9-17)30(32)33/h1-13,15,27,32-33H,14H2. The molecule has 0 atom stereocenters. The number of halogens is 1. The summed E-state index contributed by atoms with van der Waals surface area (Å²) < 4.78 is 1.38. The first kappa shape index (κ1) is 21.0. The summed E-state index contributed by atoms with van der Waals surface area (Å²) >= 11 is 6.11. The van der Waals surface area contributed by atoms with Crippen molar-refractivity contribution in [2.75, 3.05) is 5.23 Å². The Morgan fingerprint density at radius 1 is 0.909 bits per heavy atom. The van der Waals surface area contributed by atoms with Crippen molar-refractivity contribution in [3.8, 4) is 22.4 Å². The third-order valence-electron chi connectivity index (χ3n) is 5.44. The van der Waals surface area contributed by atoms with Crippen LogP contribution < -0.4 is 10.8 Å². The van der Waals surface area contributed by atoms with Gasteiger partial charge in [0.05, 0.1) is 17.1 Å². The number of benzene rings is 3. The lowest BCUT2D eigenvalue weighted by Gasteiger charge is -2.09. The monoisotopic (exact) mass is 458 g/mol. The van der Waals surface area contributed by atoms with Gasteiger partial charge in [-0.25, -0.2) is 0 Å². The van der Waals surface area contributed by atoms with Gasteiger partial charge in [-0.3, -0.25) is 15.2 Å². The summed E-state index contributed by atoms with van der Waals surface area (Å²) in [6.45, 7) is 0. The molecule has 0 radical (unpaired) electrons. The lowest BCUT2D eigenvalue weighted by atomic mass is 10.0. The number of anilines is 1. The van der Waals surface area contributed by atoms with Crippen molar-refractivity contribution in [2.24, 2.45) is 0 Å². The van der Waals surface area contributed by atoms with Gasteiger partial charge in [0.1, 0.15) is 5.65 Å². The van der Waals surface area contributed by atoms with Crippen molar-refractivity contribution < 1.29 is 10.4 Å². The van der Waals surface area contributed by atoms with Crippen molar-refractivity contribution in [2.45, 2.75) is 6.42 Å². The maximum atomic E-state index is 13.0. The zero-order valence-corrected chi connectivity index (χ0v) is 18.1. The van der Waals surface area contributed by atoms with Gasteiger partial charge in [-0.2, -0.15) is 9.61 Å². The second-order valence-corrected chi connectivity index (χ2v) is 8.05. The molecule has 5 aromatic rings. The number of aromatic amines is 1. The Morgan fingerprint density at radius 3 is 2.24 bits per heavy atom. The third kappa shape index (κ3) is 4.12. The van der Waals surface area contributed by atoms with E-state index in [-0.39, 0.29) is 16.5 Å². The minimum Gasteiger partial charge on any atom is -0.339 e. The van der Waals surface area contributed by atoms with Gasteiger partial charge in [0.25, 0.3) is 5.56 Å². The molecule has 2 heterocycles. The smallest absolute Gasteiger partial charge is 0.274 e. The highest BCUT2D eigenvalue weighted by molar-refractivity contribution is 6.30. The summed E-state index contributed by atoms with van der Waals surface area (Å²) in [6, 6.07) is 25.3. The minimum atomic E-state index is -0.275. The number of H-pyrrole nitrogens is 1. The van der Waals surface area contributed by atoms with E-state index in [0.717, 1.165) is 22.4 Å². The SMILES string of the molecule is O=c1cc(-c2ccc(N(O)O)cc2)[nH]c2c(-c3ccc(Cl)cc3)c(Cc3ccccc3)nn12. The number of hydrogen-bond donors (Lipinski definition) is 3. The van der Waals surface area contributed by atoms with E-state index in [1.165, 1.54) is 22.7 Å². The number of hydrogen-bond acceptors (Lipinski definition) is 5. The molecular weight excluding hydrogens is 440 g/mol. The first-order chi connectivity index (χ1) is 16.0. The molecule has 3 aromatic carbocycles.